The van der Waals surface area contributed by atoms with Crippen molar-refractivity contribution in [1.82, 2.24) is 0 Å². The Balaban J connectivity index is 2.27. The van der Waals surface area contributed by atoms with Crippen LogP contribution in [0.3, 0.4) is 0 Å². The molecule has 1 amide bonds. The summed E-state index contributed by atoms with van der Waals surface area (Å²) < 4.78 is 5.54. The van der Waals surface area contributed by atoms with E-state index in [9.17, 15) is 4.79 Å². The first kappa shape index (κ1) is 14.9. The summed E-state index contributed by atoms with van der Waals surface area (Å²) in [7, 11) is 0. The summed E-state index contributed by atoms with van der Waals surface area (Å²) in [5.41, 5.74) is 7.23. The van der Waals surface area contributed by atoms with Gasteiger partial charge >= 0.3 is 6.09 Å². The Morgan fingerprint density at radius 2 is 2.00 bits per heavy atom. The molecule has 1 aromatic rings. The van der Waals surface area contributed by atoms with Crippen LogP contribution in [0.25, 0.3) is 0 Å². The molecule has 1 aromatic carbocycles. The Labute approximate surface area is 120 Å². The van der Waals surface area contributed by atoms with E-state index in [0.717, 1.165) is 30.5 Å². The normalized spacial score (nSPS) is 15.0. The maximum absolute atomic E-state index is 12.5. The number of hydrogen-bond donors (Lipinski definition) is 1. The molecule has 110 valence electrons. The lowest BCUT2D eigenvalue weighted by molar-refractivity contribution is 0.0577. The van der Waals surface area contributed by atoms with Gasteiger partial charge in [-0.15, -0.1) is 0 Å². The van der Waals surface area contributed by atoms with Crippen molar-refractivity contribution in [3.05, 3.63) is 29.8 Å². The lowest BCUT2D eigenvalue weighted by Gasteiger charge is -2.28. The summed E-state index contributed by atoms with van der Waals surface area (Å²) in [6, 6.07) is 8.21. The fourth-order valence-electron chi connectivity index (χ4n) is 2.20. The summed E-state index contributed by atoms with van der Waals surface area (Å²) in [4.78, 5) is 14.3. The molecule has 0 aliphatic heterocycles. The molecule has 4 nitrogen and oxygen atoms in total. The van der Waals surface area contributed by atoms with Gasteiger partial charge in [0.1, 0.15) is 5.60 Å². The number of rotatable bonds is 4. The van der Waals surface area contributed by atoms with Crippen molar-refractivity contribution in [3.8, 4) is 0 Å². The minimum atomic E-state index is -0.479. The van der Waals surface area contributed by atoms with E-state index in [1.54, 1.807) is 4.90 Å². The van der Waals surface area contributed by atoms with Crippen molar-refractivity contribution < 1.29 is 9.53 Å². The molecule has 1 saturated carbocycles. The second kappa shape index (κ2) is 5.83. The van der Waals surface area contributed by atoms with Crippen LogP contribution in [0.2, 0.25) is 0 Å². The van der Waals surface area contributed by atoms with Gasteiger partial charge < -0.3 is 10.5 Å². The number of anilines is 1. The van der Waals surface area contributed by atoms with Crippen LogP contribution in [0.1, 0.15) is 39.2 Å². The average molecular weight is 276 g/mol. The summed E-state index contributed by atoms with van der Waals surface area (Å²) in [6.07, 6.45) is 2.58. The van der Waals surface area contributed by atoms with Gasteiger partial charge in [0.15, 0.2) is 0 Å². The van der Waals surface area contributed by atoms with Gasteiger partial charge in [-0.2, -0.15) is 0 Å². The van der Waals surface area contributed by atoms with Crippen LogP contribution in [-0.2, 0) is 11.2 Å². The van der Waals surface area contributed by atoms with E-state index in [-0.39, 0.29) is 12.1 Å². The highest BCUT2D eigenvalue weighted by Crippen LogP contribution is 2.35. The monoisotopic (exact) mass is 276 g/mol. The zero-order valence-corrected chi connectivity index (χ0v) is 12.6. The van der Waals surface area contributed by atoms with Crippen molar-refractivity contribution in [2.75, 3.05) is 11.4 Å². The minimum absolute atomic E-state index is 0.260. The Morgan fingerprint density at radius 1 is 1.35 bits per heavy atom. The first-order chi connectivity index (χ1) is 9.42. The second-order valence-corrected chi connectivity index (χ2v) is 6.25. The first-order valence-corrected chi connectivity index (χ1v) is 7.22. The van der Waals surface area contributed by atoms with Gasteiger partial charge in [-0.3, -0.25) is 4.90 Å². The fraction of sp³-hybridized carbons (Fsp3) is 0.562. The average Bonchev–Trinajstić information content (AvgIpc) is 3.14. The smallest absolute Gasteiger partial charge is 0.415 e. The SMILES string of the molecule is CC(C)(C)OC(=O)N(c1ccccc1CCN)C1CC1. The van der Waals surface area contributed by atoms with Crippen molar-refractivity contribution in [2.45, 2.75) is 51.7 Å². The number of nitrogens with two attached hydrogens (primary N) is 1. The third-order valence-corrected chi connectivity index (χ3v) is 3.17. The van der Waals surface area contributed by atoms with Gasteiger partial charge in [-0.1, -0.05) is 18.2 Å². The molecule has 0 atom stereocenters. The number of amides is 1. The Hall–Kier alpha value is -1.55. The topological polar surface area (TPSA) is 55.6 Å². The Kier molecular flexibility index (Phi) is 4.33. The minimum Gasteiger partial charge on any atom is -0.443 e. The van der Waals surface area contributed by atoms with E-state index in [2.05, 4.69) is 0 Å². The predicted molar refractivity (Wildman–Crippen MR) is 80.9 cm³/mol. The maximum Gasteiger partial charge on any atom is 0.415 e. The molecular formula is C16H24N2O2. The molecule has 0 aromatic heterocycles. The largest absolute Gasteiger partial charge is 0.443 e. The lowest BCUT2D eigenvalue weighted by Crippen LogP contribution is -2.39. The molecule has 0 saturated heterocycles. The van der Waals surface area contributed by atoms with Crippen LogP contribution < -0.4 is 10.6 Å². The number of carbonyl (C=O) groups is 1. The van der Waals surface area contributed by atoms with Crippen LogP contribution in [0.15, 0.2) is 24.3 Å². The van der Waals surface area contributed by atoms with Crippen LogP contribution in [0, 0.1) is 0 Å². The molecule has 1 aliphatic carbocycles. The number of ether oxygens (including phenoxy) is 1. The molecule has 0 spiro atoms. The third-order valence-electron chi connectivity index (χ3n) is 3.17. The molecule has 1 fully saturated rings. The molecule has 0 unspecified atom stereocenters. The van der Waals surface area contributed by atoms with Gasteiger partial charge in [0.05, 0.1) is 5.69 Å². The summed E-state index contributed by atoms with van der Waals surface area (Å²) in [6.45, 7) is 6.25. The highest BCUT2D eigenvalue weighted by atomic mass is 16.6. The van der Waals surface area contributed by atoms with E-state index < -0.39 is 5.60 Å². The number of nitrogens with zero attached hydrogens (tertiary/aromatic N) is 1. The molecule has 0 radical (unpaired) electrons. The predicted octanol–water partition coefficient (Wildman–Crippen LogP) is 3.09. The standard InChI is InChI=1S/C16H24N2O2/c1-16(2,3)20-15(19)18(13-8-9-13)14-7-5-4-6-12(14)10-11-17/h4-7,13H,8-11,17H2,1-3H3. The quantitative estimate of drug-likeness (QED) is 0.919. The zero-order valence-electron chi connectivity index (χ0n) is 12.6. The molecule has 2 N–H and O–H groups in total. The molecule has 0 heterocycles. The molecule has 1 aliphatic rings. The molecule has 0 bridgehead atoms. The van der Waals surface area contributed by atoms with Gasteiger partial charge in [0.2, 0.25) is 0 Å². The molecular weight excluding hydrogens is 252 g/mol. The number of hydrogen-bond acceptors (Lipinski definition) is 3. The second-order valence-electron chi connectivity index (χ2n) is 6.25. The number of carbonyl (C=O) groups excluding carboxylic acids is 1. The molecule has 20 heavy (non-hydrogen) atoms. The summed E-state index contributed by atoms with van der Waals surface area (Å²) >= 11 is 0. The van der Waals surface area contributed by atoms with Crippen LogP contribution in [0.5, 0.6) is 0 Å². The fourth-order valence-corrected chi connectivity index (χ4v) is 2.20. The highest BCUT2D eigenvalue weighted by Gasteiger charge is 2.37. The van der Waals surface area contributed by atoms with E-state index in [1.807, 2.05) is 45.0 Å². The zero-order chi connectivity index (χ0) is 14.8. The number of para-hydroxylation sites is 1. The van der Waals surface area contributed by atoms with E-state index >= 15 is 0 Å². The van der Waals surface area contributed by atoms with E-state index in [1.165, 1.54) is 0 Å². The maximum atomic E-state index is 12.5. The van der Waals surface area contributed by atoms with Crippen LogP contribution in [-0.4, -0.2) is 24.3 Å². The Morgan fingerprint density at radius 3 is 2.55 bits per heavy atom. The first-order valence-electron chi connectivity index (χ1n) is 7.22. The lowest BCUT2D eigenvalue weighted by atomic mass is 10.1. The van der Waals surface area contributed by atoms with Gasteiger partial charge in [0, 0.05) is 6.04 Å². The third kappa shape index (κ3) is 3.73. The Bertz CT molecular complexity index is 476. The van der Waals surface area contributed by atoms with E-state index in [0.29, 0.717) is 6.54 Å². The number of benzene rings is 1. The van der Waals surface area contributed by atoms with Crippen LogP contribution in [0.4, 0.5) is 10.5 Å². The van der Waals surface area contributed by atoms with Gasteiger partial charge in [0.25, 0.3) is 0 Å². The molecule has 4 heteroatoms. The van der Waals surface area contributed by atoms with Gasteiger partial charge in [-0.05, 0) is 58.2 Å². The van der Waals surface area contributed by atoms with E-state index in [4.69, 9.17) is 10.5 Å². The highest BCUT2D eigenvalue weighted by molar-refractivity contribution is 5.90. The summed E-state index contributed by atoms with van der Waals surface area (Å²) in [5, 5.41) is 0. The summed E-state index contributed by atoms with van der Waals surface area (Å²) in [5.74, 6) is 0. The van der Waals surface area contributed by atoms with Crippen molar-refractivity contribution in [1.29, 1.82) is 0 Å². The van der Waals surface area contributed by atoms with Crippen LogP contribution >= 0.6 is 0 Å². The van der Waals surface area contributed by atoms with Crippen molar-refractivity contribution in [3.63, 3.8) is 0 Å². The molecule has 2 rings (SSSR count). The van der Waals surface area contributed by atoms with Gasteiger partial charge in [-0.25, -0.2) is 4.79 Å². The van der Waals surface area contributed by atoms with Crippen molar-refractivity contribution >= 4 is 11.8 Å². The van der Waals surface area contributed by atoms with Crippen molar-refractivity contribution in [2.24, 2.45) is 5.73 Å².